The van der Waals surface area contributed by atoms with Crippen LogP contribution in [0.25, 0.3) is 0 Å². The molecule has 0 aliphatic rings. The van der Waals surface area contributed by atoms with Crippen molar-refractivity contribution < 1.29 is 9.42 Å². The van der Waals surface area contributed by atoms with E-state index in [1.165, 1.54) is 0 Å². The lowest BCUT2D eigenvalue weighted by molar-refractivity contribution is 0.480. The smallest absolute Gasteiger partial charge is 0.243 e. The van der Waals surface area contributed by atoms with E-state index in [2.05, 4.69) is 27.7 Å². The third kappa shape index (κ3) is 3.84. The molecule has 0 saturated heterocycles. The molecule has 0 aliphatic heterocycles. The Hall–Kier alpha value is -0.300. The molecule has 0 aliphatic carbocycles. The zero-order valence-corrected chi connectivity index (χ0v) is 12.4. The second-order valence-corrected chi connectivity index (χ2v) is 6.48. The maximum absolute atomic E-state index is 9.63. The quantitative estimate of drug-likeness (QED) is 0.616. The van der Waals surface area contributed by atoms with Crippen LogP contribution in [0.15, 0.2) is 18.2 Å². The summed E-state index contributed by atoms with van der Waals surface area (Å²) in [4.78, 5) is 9.63. The molecule has 1 atom stereocenters. The van der Waals surface area contributed by atoms with Crippen molar-refractivity contribution in [2.24, 2.45) is 0 Å². The third-order valence-electron chi connectivity index (χ3n) is 2.62. The lowest BCUT2D eigenvalue weighted by Crippen LogP contribution is -2.01. The second-order valence-electron chi connectivity index (χ2n) is 4.64. The van der Waals surface area contributed by atoms with Gasteiger partial charge in [-0.2, -0.15) is 0 Å². The fraction of sp³-hybridized carbons (Fsp3) is 0.538. The molecule has 4 heteroatoms. The standard InChI is InChI=1S/C13H20ClO2P/c1-9(2)11-6-5-7-12(10(3)4)13(11)16-17(15)8-14/h5-7,9-10,15H,8H2,1-4H3. The molecule has 1 rings (SSSR count). The Morgan fingerprint density at radius 1 is 1.18 bits per heavy atom. The molecule has 0 radical (unpaired) electrons. The van der Waals surface area contributed by atoms with Gasteiger partial charge >= 0.3 is 0 Å². The number of alkyl halides is 1. The van der Waals surface area contributed by atoms with Gasteiger partial charge in [-0.1, -0.05) is 45.9 Å². The molecule has 2 nitrogen and oxygen atoms in total. The molecular weight excluding hydrogens is 255 g/mol. The van der Waals surface area contributed by atoms with Gasteiger partial charge in [0.15, 0.2) is 0 Å². The van der Waals surface area contributed by atoms with Gasteiger partial charge in [0, 0.05) is 0 Å². The lowest BCUT2D eigenvalue weighted by Gasteiger charge is -2.21. The predicted octanol–water partition coefficient (Wildman–Crippen LogP) is 4.81. The molecule has 17 heavy (non-hydrogen) atoms. The summed E-state index contributed by atoms with van der Waals surface area (Å²) in [6.45, 7) is 8.47. The molecule has 1 aromatic carbocycles. The average Bonchev–Trinajstić information content (AvgIpc) is 2.28. The molecule has 1 N–H and O–H groups in total. The zero-order chi connectivity index (χ0) is 13.0. The number of para-hydroxylation sites is 1. The first-order valence-electron chi connectivity index (χ1n) is 5.80. The summed E-state index contributed by atoms with van der Waals surface area (Å²) in [5.41, 5.74) is 2.39. The Bertz CT molecular complexity index is 340. The lowest BCUT2D eigenvalue weighted by atomic mass is 9.94. The topological polar surface area (TPSA) is 29.5 Å². The van der Waals surface area contributed by atoms with Crippen LogP contribution in [0.4, 0.5) is 0 Å². The third-order valence-corrected chi connectivity index (χ3v) is 3.83. The minimum absolute atomic E-state index is 0.138. The van der Waals surface area contributed by atoms with Crippen molar-refractivity contribution >= 4 is 20.0 Å². The molecular formula is C13H20ClO2P. The van der Waals surface area contributed by atoms with Crippen molar-refractivity contribution in [1.82, 2.24) is 0 Å². The molecule has 96 valence electrons. The largest absolute Gasteiger partial charge is 0.446 e. The van der Waals surface area contributed by atoms with Crippen LogP contribution in [0, 0.1) is 0 Å². The second kappa shape index (κ2) is 6.58. The van der Waals surface area contributed by atoms with Gasteiger partial charge in [-0.3, -0.25) is 0 Å². The minimum Gasteiger partial charge on any atom is -0.446 e. The fourth-order valence-electron chi connectivity index (χ4n) is 1.72. The van der Waals surface area contributed by atoms with Crippen LogP contribution in [0.5, 0.6) is 5.75 Å². The van der Waals surface area contributed by atoms with Crippen molar-refractivity contribution in [1.29, 1.82) is 0 Å². The van der Waals surface area contributed by atoms with Crippen LogP contribution in [0.1, 0.15) is 50.7 Å². The van der Waals surface area contributed by atoms with E-state index in [1.807, 2.05) is 18.2 Å². The van der Waals surface area contributed by atoms with E-state index in [0.29, 0.717) is 11.8 Å². The number of rotatable bonds is 5. The highest BCUT2D eigenvalue weighted by atomic mass is 35.5. The number of halogens is 1. The van der Waals surface area contributed by atoms with Crippen molar-refractivity contribution in [3.8, 4) is 5.75 Å². The Balaban J connectivity index is 3.18. The van der Waals surface area contributed by atoms with Gasteiger partial charge in [0.2, 0.25) is 8.38 Å². The summed E-state index contributed by atoms with van der Waals surface area (Å²) in [5, 5.41) is 0. The summed E-state index contributed by atoms with van der Waals surface area (Å²) >= 11 is 5.62. The monoisotopic (exact) mass is 274 g/mol. The van der Waals surface area contributed by atoms with Crippen LogP contribution in [0.2, 0.25) is 0 Å². The van der Waals surface area contributed by atoms with E-state index >= 15 is 0 Å². The van der Waals surface area contributed by atoms with Crippen molar-refractivity contribution in [2.75, 3.05) is 5.62 Å². The molecule has 0 saturated carbocycles. The number of hydrogen-bond donors (Lipinski definition) is 1. The Morgan fingerprint density at radius 2 is 1.65 bits per heavy atom. The van der Waals surface area contributed by atoms with Crippen molar-refractivity contribution in [2.45, 2.75) is 39.5 Å². The summed E-state index contributed by atoms with van der Waals surface area (Å²) in [5.74, 6) is 1.54. The van der Waals surface area contributed by atoms with Crippen LogP contribution in [0.3, 0.4) is 0 Å². The van der Waals surface area contributed by atoms with E-state index < -0.39 is 8.38 Å². The maximum Gasteiger partial charge on any atom is 0.243 e. The SMILES string of the molecule is CC(C)c1cccc(C(C)C)c1OP(O)CCl. The van der Waals surface area contributed by atoms with Gasteiger partial charge in [-0.25, -0.2) is 0 Å². The van der Waals surface area contributed by atoms with Gasteiger partial charge in [0.25, 0.3) is 0 Å². The van der Waals surface area contributed by atoms with Gasteiger partial charge in [0.05, 0.1) is 0 Å². The molecule has 0 amide bonds. The Kier molecular flexibility index (Phi) is 5.72. The Labute approximate surface area is 110 Å². The fourth-order valence-corrected chi connectivity index (χ4v) is 2.33. The summed E-state index contributed by atoms with van der Waals surface area (Å²) in [7, 11) is -1.57. The van der Waals surface area contributed by atoms with Crippen LogP contribution in [-0.2, 0) is 0 Å². The molecule has 0 heterocycles. The normalized spacial score (nSPS) is 13.2. The average molecular weight is 275 g/mol. The van der Waals surface area contributed by atoms with E-state index in [9.17, 15) is 4.89 Å². The maximum atomic E-state index is 9.63. The molecule has 1 aromatic rings. The first-order chi connectivity index (χ1) is 7.97. The van der Waals surface area contributed by atoms with Crippen LogP contribution < -0.4 is 4.52 Å². The van der Waals surface area contributed by atoms with Crippen molar-refractivity contribution in [3.63, 3.8) is 0 Å². The van der Waals surface area contributed by atoms with Gasteiger partial charge in [-0.05, 0) is 23.0 Å². The van der Waals surface area contributed by atoms with Gasteiger partial charge in [0.1, 0.15) is 11.4 Å². The van der Waals surface area contributed by atoms with E-state index in [0.717, 1.165) is 16.9 Å². The first kappa shape index (κ1) is 14.8. The van der Waals surface area contributed by atoms with Crippen molar-refractivity contribution in [3.05, 3.63) is 29.3 Å². The van der Waals surface area contributed by atoms with E-state index in [1.54, 1.807) is 0 Å². The molecule has 0 aromatic heterocycles. The number of hydrogen-bond acceptors (Lipinski definition) is 2. The molecule has 0 bridgehead atoms. The molecule has 1 unspecified atom stereocenters. The highest BCUT2D eigenvalue weighted by Gasteiger charge is 2.17. The van der Waals surface area contributed by atoms with Crippen LogP contribution >= 0.6 is 20.0 Å². The number of benzene rings is 1. The van der Waals surface area contributed by atoms with E-state index in [4.69, 9.17) is 16.1 Å². The summed E-state index contributed by atoms with van der Waals surface area (Å²) in [6.07, 6.45) is 0. The molecule has 0 spiro atoms. The minimum atomic E-state index is -1.57. The zero-order valence-electron chi connectivity index (χ0n) is 10.8. The summed E-state index contributed by atoms with van der Waals surface area (Å²) in [6, 6.07) is 6.13. The molecule has 0 fully saturated rings. The first-order valence-corrected chi connectivity index (χ1v) is 7.73. The highest BCUT2D eigenvalue weighted by molar-refractivity contribution is 7.48. The van der Waals surface area contributed by atoms with E-state index in [-0.39, 0.29) is 5.62 Å². The van der Waals surface area contributed by atoms with Crippen LogP contribution in [-0.4, -0.2) is 10.5 Å². The highest BCUT2D eigenvalue weighted by Crippen LogP contribution is 2.42. The Morgan fingerprint density at radius 3 is 2.00 bits per heavy atom. The van der Waals surface area contributed by atoms with Gasteiger partial charge in [-0.15, -0.1) is 11.6 Å². The summed E-state index contributed by atoms with van der Waals surface area (Å²) < 4.78 is 5.64. The van der Waals surface area contributed by atoms with Gasteiger partial charge < -0.3 is 9.42 Å². The predicted molar refractivity (Wildman–Crippen MR) is 75.1 cm³/mol.